The van der Waals surface area contributed by atoms with E-state index in [2.05, 4.69) is 15.2 Å². The summed E-state index contributed by atoms with van der Waals surface area (Å²) >= 11 is 0. The van der Waals surface area contributed by atoms with Crippen molar-refractivity contribution in [3.05, 3.63) is 47.3 Å². The maximum Gasteiger partial charge on any atom is 0.356 e. The number of pyridine rings is 1. The molecule has 3 rings (SSSR count). The van der Waals surface area contributed by atoms with Crippen LogP contribution in [-0.2, 0) is 4.74 Å². The average molecular weight is 349 g/mol. The molecule has 0 bridgehead atoms. The lowest BCUT2D eigenvalue weighted by atomic mass is 9.97. The summed E-state index contributed by atoms with van der Waals surface area (Å²) in [5, 5.41) is 25.5. The SMILES string of the molecule is COC(=O)c1[nH]ncc1-c1cc(-c2ccc(O)cc2C)nc(N)c1C#N. The van der Waals surface area contributed by atoms with Gasteiger partial charge in [0.15, 0.2) is 5.69 Å². The lowest BCUT2D eigenvalue weighted by Crippen LogP contribution is -2.05. The zero-order chi connectivity index (χ0) is 18.8. The Kier molecular flexibility index (Phi) is 4.29. The fourth-order valence-corrected chi connectivity index (χ4v) is 2.72. The van der Waals surface area contributed by atoms with Gasteiger partial charge in [-0.2, -0.15) is 10.4 Å². The molecule has 2 aromatic heterocycles. The predicted octanol–water partition coefficient (Wildman–Crippen LogP) is 2.39. The number of esters is 1. The number of phenolic OH excluding ortho intramolecular Hbond substituents is 1. The number of nitrogens with one attached hydrogen (secondary N) is 1. The van der Waals surface area contributed by atoms with Crippen LogP contribution in [0, 0.1) is 18.3 Å². The molecule has 8 nitrogen and oxygen atoms in total. The maximum absolute atomic E-state index is 11.9. The Morgan fingerprint density at radius 3 is 2.73 bits per heavy atom. The van der Waals surface area contributed by atoms with Crippen LogP contribution < -0.4 is 5.73 Å². The number of carbonyl (C=O) groups is 1. The maximum atomic E-state index is 11.9. The van der Waals surface area contributed by atoms with Gasteiger partial charge in [-0.3, -0.25) is 5.10 Å². The molecule has 0 aliphatic rings. The number of nitrogens with two attached hydrogens (primary N) is 1. The highest BCUT2D eigenvalue weighted by Gasteiger charge is 2.21. The first-order valence-corrected chi connectivity index (χ1v) is 7.59. The third-order valence-electron chi connectivity index (χ3n) is 3.96. The number of nitrogen functional groups attached to an aromatic ring is 1. The quantitative estimate of drug-likeness (QED) is 0.617. The standard InChI is InChI=1S/C18H15N5O3/c1-9-5-10(24)3-4-11(9)15-6-12(13(7-19)17(20)22-15)14-8-21-23-16(14)18(25)26-2/h3-6,8,24H,1-2H3,(H2,20,22)(H,21,23). The second-order valence-electron chi connectivity index (χ2n) is 5.58. The zero-order valence-corrected chi connectivity index (χ0v) is 14.1. The first-order chi connectivity index (χ1) is 12.5. The van der Waals surface area contributed by atoms with Crippen LogP contribution in [0.1, 0.15) is 21.6 Å². The summed E-state index contributed by atoms with van der Waals surface area (Å²) in [6.45, 7) is 1.82. The minimum absolute atomic E-state index is 0.0319. The van der Waals surface area contributed by atoms with E-state index in [1.54, 1.807) is 18.2 Å². The van der Waals surface area contributed by atoms with Crippen molar-refractivity contribution in [1.29, 1.82) is 5.26 Å². The summed E-state index contributed by atoms with van der Waals surface area (Å²) in [4.78, 5) is 16.2. The van der Waals surface area contributed by atoms with Crippen LogP contribution in [0.4, 0.5) is 5.82 Å². The van der Waals surface area contributed by atoms with Gasteiger partial charge in [-0.25, -0.2) is 9.78 Å². The Hall–Kier alpha value is -3.86. The highest BCUT2D eigenvalue weighted by Crippen LogP contribution is 2.34. The molecule has 0 saturated heterocycles. The largest absolute Gasteiger partial charge is 0.508 e. The topological polar surface area (TPSA) is 138 Å². The van der Waals surface area contributed by atoms with Crippen LogP contribution in [-0.4, -0.2) is 33.4 Å². The molecule has 4 N–H and O–H groups in total. The molecule has 1 aromatic carbocycles. The number of nitrogens with zero attached hydrogens (tertiary/aromatic N) is 3. The van der Waals surface area contributed by atoms with Gasteiger partial charge in [-0.1, -0.05) is 0 Å². The van der Waals surface area contributed by atoms with Gasteiger partial charge in [0.25, 0.3) is 0 Å². The molecule has 0 saturated carbocycles. The van der Waals surface area contributed by atoms with Crippen molar-refractivity contribution in [2.45, 2.75) is 6.92 Å². The van der Waals surface area contributed by atoms with Crippen LogP contribution in [0.3, 0.4) is 0 Å². The van der Waals surface area contributed by atoms with Crippen molar-refractivity contribution in [2.75, 3.05) is 12.8 Å². The molecule has 0 aliphatic carbocycles. The summed E-state index contributed by atoms with van der Waals surface area (Å²) in [6.07, 6.45) is 1.43. The third kappa shape index (κ3) is 2.82. The van der Waals surface area contributed by atoms with E-state index in [4.69, 9.17) is 10.5 Å². The minimum Gasteiger partial charge on any atom is -0.508 e. The molecule has 0 unspecified atom stereocenters. The predicted molar refractivity (Wildman–Crippen MR) is 94.1 cm³/mol. The van der Waals surface area contributed by atoms with E-state index >= 15 is 0 Å². The van der Waals surface area contributed by atoms with E-state index in [0.29, 0.717) is 16.8 Å². The molecule has 0 spiro atoms. The summed E-state index contributed by atoms with van der Waals surface area (Å²) in [7, 11) is 1.25. The molecule has 0 amide bonds. The second kappa shape index (κ2) is 6.57. The summed E-state index contributed by atoms with van der Waals surface area (Å²) in [5.41, 5.74) is 9.07. The summed E-state index contributed by atoms with van der Waals surface area (Å²) in [5.74, 6) is -0.445. The number of aromatic nitrogens is 3. The first kappa shape index (κ1) is 17.0. The fraction of sp³-hybridized carbons (Fsp3) is 0.111. The van der Waals surface area contributed by atoms with Gasteiger partial charge in [0.1, 0.15) is 23.2 Å². The number of aryl methyl sites for hydroxylation is 1. The summed E-state index contributed by atoms with van der Waals surface area (Å²) in [6, 6.07) is 8.52. The van der Waals surface area contributed by atoms with Gasteiger partial charge in [0.2, 0.25) is 0 Å². The van der Waals surface area contributed by atoms with Gasteiger partial charge >= 0.3 is 5.97 Å². The van der Waals surface area contributed by atoms with Crippen molar-refractivity contribution < 1.29 is 14.6 Å². The normalized spacial score (nSPS) is 10.3. The second-order valence-corrected chi connectivity index (χ2v) is 5.58. The van der Waals surface area contributed by atoms with Gasteiger partial charge < -0.3 is 15.6 Å². The Labute approximate surface area is 148 Å². The van der Waals surface area contributed by atoms with Crippen molar-refractivity contribution >= 4 is 11.8 Å². The van der Waals surface area contributed by atoms with E-state index in [1.807, 2.05) is 13.0 Å². The van der Waals surface area contributed by atoms with Crippen LogP contribution in [0.25, 0.3) is 22.4 Å². The number of phenols is 1. The van der Waals surface area contributed by atoms with Gasteiger partial charge in [-0.05, 0) is 36.8 Å². The number of hydrogen-bond acceptors (Lipinski definition) is 7. The van der Waals surface area contributed by atoms with E-state index in [9.17, 15) is 15.2 Å². The fourth-order valence-electron chi connectivity index (χ4n) is 2.72. The monoisotopic (exact) mass is 349 g/mol. The number of hydrogen-bond donors (Lipinski definition) is 3. The zero-order valence-electron chi connectivity index (χ0n) is 14.1. The molecular weight excluding hydrogens is 334 g/mol. The number of methoxy groups -OCH3 is 1. The number of anilines is 1. The number of aromatic amines is 1. The molecular formula is C18H15N5O3. The Bertz CT molecular complexity index is 1050. The molecule has 0 fully saturated rings. The van der Waals surface area contributed by atoms with Crippen LogP contribution in [0.15, 0.2) is 30.5 Å². The summed E-state index contributed by atoms with van der Waals surface area (Å²) < 4.78 is 4.74. The molecule has 0 atom stereocenters. The smallest absolute Gasteiger partial charge is 0.356 e. The van der Waals surface area contributed by atoms with Gasteiger partial charge in [-0.15, -0.1) is 0 Å². The number of H-pyrrole nitrogens is 1. The van der Waals surface area contributed by atoms with Crippen molar-refractivity contribution in [3.63, 3.8) is 0 Å². The van der Waals surface area contributed by atoms with E-state index < -0.39 is 5.97 Å². The van der Waals surface area contributed by atoms with E-state index in [-0.39, 0.29) is 22.8 Å². The molecule has 3 aromatic rings. The van der Waals surface area contributed by atoms with Crippen LogP contribution >= 0.6 is 0 Å². The van der Waals surface area contributed by atoms with Crippen LogP contribution in [0.5, 0.6) is 5.75 Å². The van der Waals surface area contributed by atoms with E-state index in [0.717, 1.165) is 11.1 Å². The Morgan fingerprint density at radius 2 is 2.08 bits per heavy atom. The molecule has 130 valence electrons. The molecule has 2 heterocycles. The minimum atomic E-state index is -0.612. The lowest BCUT2D eigenvalue weighted by Gasteiger charge is -2.11. The Morgan fingerprint density at radius 1 is 1.31 bits per heavy atom. The Balaban J connectivity index is 2.26. The number of nitriles is 1. The molecule has 8 heteroatoms. The molecule has 0 aliphatic heterocycles. The van der Waals surface area contributed by atoms with Gasteiger partial charge in [0, 0.05) is 16.7 Å². The number of benzene rings is 1. The highest BCUT2D eigenvalue weighted by atomic mass is 16.5. The van der Waals surface area contributed by atoms with Crippen molar-refractivity contribution in [1.82, 2.24) is 15.2 Å². The number of ether oxygens (including phenoxy) is 1. The van der Waals surface area contributed by atoms with Crippen LogP contribution in [0.2, 0.25) is 0 Å². The number of carbonyl (C=O) groups excluding carboxylic acids is 1. The van der Waals surface area contributed by atoms with E-state index in [1.165, 1.54) is 19.4 Å². The number of rotatable bonds is 3. The van der Waals surface area contributed by atoms with Crippen molar-refractivity contribution in [2.24, 2.45) is 0 Å². The average Bonchev–Trinajstić information content (AvgIpc) is 3.10. The molecule has 26 heavy (non-hydrogen) atoms. The van der Waals surface area contributed by atoms with Gasteiger partial charge in [0.05, 0.1) is 19.0 Å². The lowest BCUT2D eigenvalue weighted by molar-refractivity contribution is 0.0595. The first-order valence-electron chi connectivity index (χ1n) is 7.59. The number of aromatic hydroxyl groups is 1. The highest BCUT2D eigenvalue weighted by molar-refractivity contribution is 5.97. The van der Waals surface area contributed by atoms with Crippen molar-refractivity contribution in [3.8, 4) is 34.2 Å². The third-order valence-corrected chi connectivity index (χ3v) is 3.96. The molecule has 0 radical (unpaired) electrons.